The molecule has 0 atom stereocenters. The van der Waals surface area contributed by atoms with Crippen LogP contribution in [-0.4, -0.2) is 71.1 Å². The lowest BCUT2D eigenvalue weighted by molar-refractivity contribution is -0.120. The van der Waals surface area contributed by atoms with Gasteiger partial charge >= 0.3 is 0 Å². The van der Waals surface area contributed by atoms with Crippen molar-refractivity contribution < 1.29 is 13.9 Å². The molecule has 1 aliphatic carbocycles. The first-order chi connectivity index (χ1) is 17.4. The molecule has 10 nitrogen and oxygen atoms in total. The topological polar surface area (TPSA) is 109 Å². The van der Waals surface area contributed by atoms with Gasteiger partial charge in [-0.25, -0.2) is 9.97 Å². The highest BCUT2D eigenvalue weighted by Crippen LogP contribution is 2.30. The van der Waals surface area contributed by atoms with E-state index in [0.29, 0.717) is 17.8 Å². The highest BCUT2D eigenvalue weighted by Gasteiger charge is 2.23. The molecule has 2 aromatic heterocycles. The number of hydrogen-bond acceptors (Lipinski definition) is 9. The van der Waals surface area contributed by atoms with Crippen molar-refractivity contribution in [3.05, 3.63) is 30.6 Å². The maximum atomic E-state index is 11.3. The summed E-state index contributed by atoms with van der Waals surface area (Å²) < 4.78 is 12.3. The van der Waals surface area contributed by atoms with E-state index in [9.17, 15) is 4.79 Å². The van der Waals surface area contributed by atoms with Gasteiger partial charge in [0.15, 0.2) is 0 Å². The Morgan fingerprint density at radius 1 is 1.11 bits per heavy atom. The largest absolute Gasteiger partial charge is 0.488 e. The number of nitrogens with zero attached hydrogens (tertiary/aromatic N) is 5. The first kappa shape index (κ1) is 25.7. The smallest absolute Gasteiger partial charge is 0.299 e. The molecule has 1 aliphatic rings. The number of aromatic nitrogens is 3. The van der Waals surface area contributed by atoms with Gasteiger partial charge in [-0.15, -0.1) is 0 Å². The van der Waals surface area contributed by atoms with Gasteiger partial charge in [0, 0.05) is 44.2 Å². The molecule has 1 aromatic carbocycles. The molecule has 36 heavy (non-hydrogen) atoms. The minimum absolute atomic E-state index is 0.0236. The molecule has 10 heteroatoms. The maximum absolute atomic E-state index is 11.3. The third-order valence-electron chi connectivity index (χ3n) is 6.62. The van der Waals surface area contributed by atoms with Crippen molar-refractivity contribution in [3.63, 3.8) is 0 Å². The van der Waals surface area contributed by atoms with Gasteiger partial charge in [0.25, 0.3) is 6.01 Å². The van der Waals surface area contributed by atoms with E-state index in [4.69, 9.17) is 14.1 Å². The molecule has 0 saturated heterocycles. The summed E-state index contributed by atoms with van der Waals surface area (Å²) in [6, 6.07) is 6.67. The Balaban J connectivity index is 1.43. The van der Waals surface area contributed by atoms with Crippen molar-refractivity contribution in [3.8, 4) is 5.75 Å². The zero-order chi connectivity index (χ0) is 25.5. The number of nitrogens with one attached hydrogen (secondary N) is 2. The number of anilines is 3. The van der Waals surface area contributed by atoms with Crippen molar-refractivity contribution >= 4 is 34.7 Å². The summed E-state index contributed by atoms with van der Waals surface area (Å²) in [6.07, 6.45) is 7.13. The van der Waals surface area contributed by atoms with Crippen molar-refractivity contribution in [1.29, 1.82) is 0 Å². The van der Waals surface area contributed by atoms with E-state index in [-0.39, 0.29) is 18.1 Å². The standard InChI is InChI=1S/C26H37N7O3/c1-5-32(4)14-15-33(6-2)26-28-17-23(36-26)30-25-27-16-19-8-7-9-22(24(19)31-25)35-21-12-10-20(11-13-21)29-18(3)34/h7-9,16-17,20-21H,5-6,10-15H2,1-4H3,(H,29,34)(H,27,30,31). The fraction of sp³-hybridized carbons (Fsp3) is 0.538. The molecule has 0 unspecified atom stereocenters. The van der Waals surface area contributed by atoms with E-state index in [1.54, 1.807) is 19.3 Å². The Labute approximate surface area is 212 Å². The van der Waals surface area contributed by atoms with Crippen LogP contribution in [0, 0.1) is 0 Å². The number of para-hydroxylation sites is 1. The molecule has 0 aliphatic heterocycles. The Hall–Kier alpha value is -3.40. The predicted molar refractivity (Wildman–Crippen MR) is 141 cm³/mol. The quantitative estimate of drug-likeness (QED) is 0.408. The Morgan fingerprint density at radius 3 is 2.64 bits per heavy atom. The van der Waals surface area contributed by atoms with Crippen molar-refractivity contribution in [2.75, 3.05) is 43.4 Å². The van der Waals surface area contributed by atoms with Crippen LogP contribution in [0.5, 0.6) is 5.75 Å². The van der Waals surface area contributed by atoms with Crippen LogP contribution >= 0.6 is 0 Å². The number of amides is 1. The van der Waals surface area contributed by atoms with Crippen LogP contribution in [0.3, 0.4) is 0 Å². The lowest BCUT2D eigenvalue weighted by Crippen LogP contribution is -2.38. The van der Waals surface area contributed by atoms with Gasteiger partial charge < -0.3 is 24.3 Å². The summed E-state index contributed by atoms with van der Waals surface area (Å²) in [5.41, 5.74) is 0.747. The summed E-state index contributed by atoms with van der Waals surface area (Å²) in [5.74, 6) is 1.66. The van der Waals surface area contributed by atoms with E-state index < -0.39 is 0 Å². The molecule has 194 valence electrons. The number of ether oxygens (including phenoxy) is 1. The van der Waals surface area contributed by atoms with Gasteiger partial charge in [0.05, 0.1) is 12.3 Å². The van der Waals surface area contributed by atoms with Crippen LogP contribution in [0.4, 0.5) is 17.8 Å². The number of carbonyl (C=O) groups is 1. The molecule has 0 bridgehead atoms. The molecule has 1 amide bonds. The second-order valence-electron chi connectivity index (χ2n) is 9.29. The van der Waals surface area contributed by atoms with Crippen molar-refractivity contribution in [2.45, 2.75) is 58.6 Å². The Morgan fingerprint density at radius 2 is 1.92 bits per heavy atom. The number of likely N-dealkylation sites (N-methyl/N-ethyl adjacent to an activating group) is 2. The molecule has 2 heterocycles. The van der Waals surface area contributed by atoms with E-state index in [0.717, 1.165) is 68.5 Å². The van der Waals surface area contributed by atoms with Gasteiger partial charge in [0.2, 0.25) is 17.7 Å². The molecule has 1 saturated carbocycles. The van der Waals surface area contributed by atoms with Crippen molar-refractivity contribution in [1.82, 2.24) is 25.2 Å². The van der Waals surface area contributed by atoms with Crippen LogP contribution in [0.25, 0.3) is 10.9 Å². The van der Waals surface area contributed by atoms with Gasteiger partial charge in [-0.05, 0) is 52.3 Å². The average Bonchev–Trinajstić information content (AvgIpc) is 3.33. The first-order valence-electron chi connectivity index (χ1n) is 12.8. The fourth-order valence-corrected chi connectivity index (χ4v) is 4.39. The maximum Gasteiger partial charge on any atom is 0.299 e. The van der Waals surface area contributed by atoms with E-state index in [1.807, 2.05) is 18.2 Å². The monoisotopic (exact) mass is 495 g/mol. The van der Waals surface area contributed by atoms with Crippen LogP contribution in [0.15, 0.2) is 35.0 Å². The molecule has 2 N–H and O–H groups in total. The Kier molecular flexibility index (Phi) is 8.58. The summed E-state index contributed by atoms with van der Waals surface area (Å²) in [7, 11) is 2.10. The number of fused-ring (bicyclic) bond motifs is 1. The van der Waals surface area contributed by atoms with E-state index >= 15 is 0 Å². The summed E-state index contributed by atoms with van der Waals surface area (Å²) >= 11 is 0. The zero-order valence-corrected chi connectivity index (χ0v) is 21.7. The van der Waals surface area contributed by atoms with E-state index in [1.165, 1.54) is 0 Å². The average molecular weight is 496 g/mol. The highest BCUT2D eigenvalue weighted by molar-refractivity contribution is 5.84. The molecule has 3 aromatic rings. The van der Waals surface area contributed by atoms with E-state index in [2.05, 4.69) is 51.3 Å². The number of carbonyl (C=O) groups excluding carboxylic acids is 1. The lowest BCUT2D eigenvalue weighted by atomic mass is 9.93. The fourth-order valence-electron chi connectivity index (χ4n) is 4.39. The van der Waals surface area contributed by atoms with Gasteiger partial charge in [-0.1, -0.05) is 19.1 Å². The summed E-state index contributed by atoms with van der Waals surface area (Å²) in [5, 5.41) is 7.06. The normalized spacial score (nSPS) is 17.8. The third-order valence-corrected chi connectivity index (χ3v) is 6.62. The lowest BCUT2D eigenvalue weighted by Gasteiger charge is -2.29. The number of oxazole rings is 1. The van der Waals surface area contributed by atoms with Crippen LogP contribution in [0.1, 0.15) is 46.5 Å². The third kappa shape index (κ3) is 6.63. The summed E-state index contributed by atoms with van der Waals surface area (Å²) in [4.78, 5) is 29.3. The number of benzene rings is 1. The molecular weight excluding hydrogens is 458 g/mol. The van der Waals surface area contributed by atoms with Crippen molar-refractivity contribution in [2.24, 2.45) is 0 Å². The SMILES string of the molecule is CCN(C)CCN(CC)c1ncc(Nc2ncc3cccc(OC4CCC(NC(C)=O)CC4)c3n2)o1. The molecule has 4 rings (SSSR count). The minimum atomic E-state index is 0.0236. The molecule has 1 fully saturated rings. The van der Waals surface area contributed by atoms with Gasteiger partial charge in [0.1, 0.15) is 11.3 Å². The molecule has 0 spiro atoms. The first-order valence-corrected chi connectivity index (χ1v) is 12.8. The molecular formula is C26H37N7O3. The second-order valence-corrected chi connectivity index (χ2v) is 9.29. The second kappa shape index (κ2) is 12.0. The van der Waals surface area contributed by atoms with Crippen LogP contribution < -0.4 is 20.3 Å². The summed E-state index contributed by atoms with van der Waals surface area (Å²) in [6.45, 7) is 9.36. The van der Waals surface area contributed by atoms with Gasteiger partial charge in [-0.2, -0.15) is 4.98 Å². The number of hydrogen-bond donors (Lipinski definition) is 2. The predicted octanol–water partition coefficient (Wildman–Crippen LogP) is 3.97. The van der Waals surface area contributed by atoms with Crippen LogP contribution in [0.2, 0.25) is 0 Å². The minimum Gasteiger partial charge on any atom is -0.488 e. The van der Waals surface area contributed by atoms with Crippen LogP contribution in [-0.2, 0) is 4.79 Å². The van der Waals surface area contributed by atoms with Gasteiger partial charge in [-0.3, -0.25) is 10.1 Å². The highest BCUT2D eigenvalue weighted by atomic mass is 16.5. The number of rotatable bonds is 11. The zero-order valence-electron chi connectivity index (χ0n) is 21.7. The Bertz CT molecular complexity index is 1140. The molecule has 0 radical (unpaired) electrons.